The molecule has 0 saturated heterocycles. The second kappa shape index (κ2) is 6.79. The lowest BCUT2D eigenvalue weighted by Crippen LogP contribution is -2.37. The van der Waals surface area contributed by atoms with Gasteiger partial charge in [-0.15, -0.1) is 11.6 Å². The van der Waals surface area contributed by atoms with E-state index in [0.29, 0.717) is 6.54 Å². The summed E-state index contributed by atoms with van der Waals surface area (Å²) < 4.78 is 0. The summed E-state index contributed by atoms with van der Waals surface area (Å²) in [7, 11) is 0. The number of alkyl halides is 1. The van der Waals surface area contributed by atoms with E-state index in [9.17, 15) is 4.79 Å². The molecule has 1 N–H and O–H groups in total. The Morgan fingerprint density at radius 3 is 2.33 bits per heavy atom. The van der Waals surface area contributed by atoms with Crippen molar-refractivity contribution in [3.63, 3.8) is 0 Å². The molecule has 1 atom stereocenters. The molecule has 1 saturated carbocycles. The standard InChI is InChI=1S/C15H28ClNO/c1-11-5-7-12(8-6-11)14(18)17-10-13(16)9-15(2,3)4/h11-13H,5-10H2,1-4H3,(H,17,18). The van der Waals surface area contributed by atoms with E-state index < -0.39 is 0 Å². The van der Waals surface area contributed by atoms with Crippen LogP contribution in [0.25, 0.3) is 0 Å². The SMILES string of the molecule is CC1CCC(C(=O)NCC(Cl)CC(C)(C)C)CC1. The number of carbonyl (C=O) groups excluding carboxylic acids is 1. The van der Waals surface area contributed by atoms with Gasteiger partial charge in [-0.25, -0.2) is 0 Å². The van der Waals surface area contributed by atoms with Crippen molar-refractivity contribution in [1.29, 1.82) is 0 Å². The van der Waals surface area contributed by atoms with Crippen LogP contribution < -0.4 is 5.32 Å². The first-order chi connectivity index (χ1) is 8.28. The first-order valence-electron chi connectivity index (χ1n) is 7.19. The van der Waals surface area contributed by atoms with Crippen LogP contribution in [-0.2, 0) is 4.79 Å². The smallest absolute Gasteiger partial charge is 0.223 e. The minimum atomic E-state index is 0.0384. The second-order valence-corrected chi connectivity index (χ2v) is 7.68. The Kier molecular flexibility index (Phi) is 5.97. The highest BCUT2D eigenvalue weighted by Gasteiger charge is 2.25. The molecule has 0 aromatic rings. The highest BCUT2D eigenvalue weighted by molar-refractivity contribution is 6.20. The number of rotatable bonds is 4. The molecule has 0 radical (unpaired) electrons. The Morgan fingerprint density at radius 1 is 1.28 bits per heavy atom. The molecular formula is C15H28ClNO. The van der Waals surface area contributed by atoms with Gasteiger partial charge in [0.2, 0.25) is 5.91 Å². The Hall–Kier alpha value is -0.240. The molecule has 0 spiro atoms. The second-order valence-electron chi connectivity index (χ2n) is 7.06. The number of hydrogen-bond donors (Lipinski definition) is 1. The van der Waals surface area contributed by atoms with Crippen LogP contribution >= 0.6 is 11.6 Å². The van der Waals surface area contributed by atoms with Crippen LogP contribution in [0, 0.1) is 17.3 Å². The molecule has 0 aromatic carbocycles. The van der Waals surface area contributed by atoms with Crippen molar-refractivity contribution < 1.29 is 4.79 Å². The van der Waals surface area contributed by atoms with Crippen molar-refractivity contribution in [2.45, 2.75) is 65.2 Å². The summed E-state index contributed by atoms with van der Waals surface area (Å²) in [4.78, 5) is 12.0. The molecule has 0 bridgehead atoms. The van der Waals surface area contributed by atoms with Crippen LogP contribution in [-0.4, -0.2) is 17.8 Å². The average molecular weight is 274 g/mol. The van der Waals surface area contributed by atoms with Gasteiger partial charge in [0.05, 0.1) is 5.38 Å². The minimum Gasteiger partial charge on any atom is -0.354 e. The highest BCUT2D eigenvalue weighted by Crippen LogP contribution is 2.28. The van der Waals surface area contributed by atoms with Gasteiger partial charge in [-0.2, -0.15) is 0 Å². The van der Waals surface area contributed by atoms with Gasteiger partial charge < -0.3 is 5.32 Å². The summed E-state index contributed by atoms with van der Waals surface area (Å²) in [5.74, 6) is 1.22. The van der Waals surface area contributed by atoms with E-state index in [0.717, 1.165) is 25.2 Å². The topological polar surface area (TPSA) is 29.1 Å². The van der Waals surface area contributed by atoms with Gasteiger partial charge in [-0.05, 0) is 43.4 Å². The molecule has 2 nitrogen and oxygen atoms in total. The van der Waals surface area contributed by atoms with Crippen LogP contribution in [0.3, 0.4) is 0 Å². The maximum Gasteiger partial charge on any atom is 0.223 e. The summed E-state index contributed by atoms with van der Waals surface area (Å²) in [5, 5.41) is 3.06. The molecule has 1 amide bonds. The lowest BCUT2D eigenvalue weighted by molar-refractivity contribution is -0.126. The van der Waals surface area contributed by atoms with Crippen molar-refractivity contribution in [3.8, 4) is 0 Å². The van der Waals surface area contributed by atoms with E-state index >= 15 is 0 Å². The Bertz CT molecular complexity index is 264. The number of halogens is 1. The summed E-state index contributed by atoms with van der Waals surface area (Å²) >= 11 is 6.26. The molecule has 3 heteroatoms. The molecule has 1 aliphatic carbocycles. The molecule has 0 aliphatic heterocycles. The zero-order valence-electron chi connectivity index (χ0n) is 12.3. The zero-order chi connectivity index (χ0) is 13.8. The normalized spacial score (nSPS) is 26.7. The Balaban J connectivity index is 2.24. The monoisotopic (exact) mass is 273 g/mol. The van der Waals surface area contributed by atoms with Gasteiger partial charge in [-0.1, -0.05) is 27.7 Å². The summed E-state index contributed by atoms with van der Waals surface area (Å²) in [6.07, 6.45) is 5.38. The number of carbonyl (C=O) groups is 1. The molecule has 106 valence electrons. The minimum absolute atomic E-state index is 0.0384. The van der Waals surface area contributed by atoms with Crippen molar-refractivity contribution >= 4 is 17.5 Å². The molecule has 0 heterocycles. The maximum absolute atomic E-state index is 12.0. The van der Waals surface area contributed by atoms with Crippen molar-refractivity contribution in [1.82, 2.24) is 5.32 Å². The summed E-state index contributed by atoms with van der Waals surface area (Å²) in [5.41, 5.74) is 0.220. The van der Waals surface area contributed by atoms with E-state index in [-0.39, 0.29) is 22.6 Å². The molecule has 1 fully saturated rings. The van der Waals surface area contributed by atoms with Gasteiger partial charge in [0.15, 0.2) is 0 Å². The predicted molar refractivity (Wildman–Crippen MR) is 77.8 cm³/mol. The van der Waals surface area contributed by atoms with Gasteiger partial charge in [0.1, 0.15) is 0 Å². The summed E-state index contributed by atoms with van der Waals surface area (Å²) in [6.45, 7) is 9.39. The molecular weight excluding hydrogens is 246 g/mol. The maximum atomic E-state index is 12.0. The first-order valence-corrected chi connectivity index (χ1v) is 7.63. The predicted octanol–water partition coefficient (Wildman–Crippen LogP) is 3.97. The fraction of sp³-hybridized carbons (Fsp3) is 0.933. The third-order valence-electron chi connectivity index (χ3n) is 3.72. The van der Waals surface area contributed by atoms with Crippen LogP contribution in [0.2, 0.25) is 0 Å². The fourth-order valence-corrected chi connectivity index (χ4v) is 3.15. The Labute approximate surface area is 117 Å². The lowest BCUT2D eigenvalue weighted by atomic mass is 9.82. The molecule has 0 aromatic heterocycles. The molecule has 1 aliphatic rings. The van der Waals surface area contributed by atoms with Gasteiger partial charge >= 0.3 is 0 Å². The third kappa shape index (κ3) is 6.08. The van der Waals surface area contributed by atoms with Crippen molar-refractivity contribution in [2.24, 2.45) is 17.3 Å². The fourth-order valence-electron chi connectivity index (χ4n) is 2.61. The van der Waals surface area contributed by atoms with Crippen LogP contribution in [0.4, 0.5) is 0 Å². The van der Waals surface area contributed by atoms with Gasteiger partial charge in [-0.3, -0.25) is 4.79 Å². The Morgan fingerprint density at radius 2 is 1.83 bits per heavy atom. The number of amides is 1. The summed E-state index contributed by atoms with van der Waals surface area (Å²) in [6, 6.07) is 0. The van der Waals surface area contributed by atoms with E-state index in [1.165, 1.54) is 12.8 Å². The van der Waals surface area contributed by atoms with E-state index in [4.69, 9.17) is 11.6 Å². The molecule has 1 unspecified atom stereocenters. The highest BCUT2D eigenvalue weighted by atomic mass is 35.5. The van der Waals surface area contributed by atoms with Crippen LogP contribution in [0.5, 0.6) is 0 Å². The van der Waals surface area contributed by atoms with Gasteiger partial charge in [0.25, 0.3) is 0 Å². The first kappa shape index (κ1) is 15.8. The van der Waals surface area contributed by atoms with E-state index in [1.807, 2.05) is 0 Å². The number of nitrogens with one attached hydrogen (secondary N) is 1. The largest absolute Gasteiger partial charge is 0.354 e. The quantitative estimate of drug-likeness (QED) is 0.772. The zero-order valence-corrected chi connectivity index (χ0v) is 13.0. The number of hydrogen-bond acceptors (Lipinski definition) is 1. The van der Waals surface area contributed by atoms with Crippen LogP contribution in [0.15, 0.2) is 0 Å². The third-order valence-corrected chi connectivity index (χ3v) is 4.03. The lowest BCUT2D eigenvalue weighted by Gasteiger charge is -2.26. The molecule has 1 rings (SSSR count). The van der Waals surface area contributed by atoms with E-state index in [1.54, 1.807) is 0 Å². The van der Waals surface area contributed by atoms with Crippen molar-refractivity contribution in [3.05, 3.63) is 0 Å². The molecule has 18 heavy (non-hydrogen) atoms. The van der Waals surface area contributed by atoms with Crippen molar-refractivity contribution in [2.75, 3.05) is 6.54 Å². The van der Waals surface area contributed by atoms with Gasteiger partial charge in [0, 0.05) is 12.5 Å². The average Bonchev–Trinajstić information content (AvgIpc) is 2.24. The van der Waals surface area contributed by atoms with E-state index in [2.05, 4.69) is 33.0 Å². The van der Waals surface area contributed by atoms with Crippen LogP contribution in [0.1, 0.15) is 59.8 Å².